The molecule has 0 heterocycles. The van der Waals surface area contributed by atoms with Gasteiger partial charge in [-0.15, -0.1) is 0 Å². The molecule has 2 aliphatic rings. The molecule has 19 heavy (non-hydrogen) atoms. The molecule has 2 aliphatic carbocycles. The van der Waals surface area contributed by atoms with Crippen molar-refractivity contribution in [3.8, 4) is 0 Å². The van der Waals surface area contributed by atoms with Gasteiger partial charge in [-0.1, -0.05) is 34.6 Å². The Hall–Kier alpha value is -1.06. The summed E-state index contributed by atoms with van der Waals surface area (Å²) in [6, 6.07) is 0. The van der Waals surface area contributed by atoms with Gasteiger partial charge in [0.25, 0.3) is 0 Å². The number of carbonyl (C=O) groups is 2. The topological polar surface area (TPSA) is 72.2 Å². The molecule has 0 saturated heterocycles. The van der Waals surface area contributed by atoms with Crippen molar-refractivity contribution in [1.82, 2.24) is 5.32 Å². The summed E-state index contributed by atoms with van der Waals surface area (Å²) in [5.41, 5.74) is 5.41. The van der Waals surface area contributed by atoms with Crippen LogP contribution in [0.3, 0.4) is 0 Å². The number of hydrogen-bond acceptors (Lipinski definition) is 2. The molecule has 2 amide bonds. The molecular weight excluding hydrogens is 240 g/mol. The maximum Gasteiger partial charge on any atom is 0.236 e. The fraction of sp³-hybridized carbons (Fsp3) is 0.867. The number of amides is 2. The van der Waals surface area contributed by atoms with Crippen molar-refractivity contribution in [2.45, 2.75) is 41.0 Å². The number of primary amides is 1. The van der Waals surface area contributed by atoms with Gasteiger partial charge in [0.1, 0.15) is 0 Å². The van der Waals surface area contributed by atoms with Crippen molar-refractivity contribution in [3.05, 3.63) is 0 Å². The Morgan fingerprint density at radius 1 is 1.26 bits per heavy atom. The molecule has 2 fully saturated rings. The van der Waals surface area contributed by atoms with Crippen LogP contribution in [-0.2, 0) is 9.59 Å². The first kappa shape index (κ1) is 14.4. The summed E-state index contributed by atoms with van der Waals surface area (Å²) in [5.74, 6) is 1.14. The monoisotopic (exact) mass is 266 g/mol. The third-order valence-corrected chi connectivity index (χ3v) is 6.41. The molecular formula is C15H26N2O2. The lowest BCUT2D eigenvalue weighted by molar-refractivity contribution is -0.126. The first-order valence-electron chi connectivity index (χ1n) is 7.19. The maximum absolute atomic E-state index is 12.2. The highest BCUT2D eigenvalue weighted by Crippen LogP contribution is 2.73. The van der Waals surface area contributed by atoms with Gasteiger partial charge in [-0.25, -0.2) is 0 Å². The highest BCUT2D eigenvalue weighted by atomic mass is 16.2. The third-order valence-electron chi connectivity index (χ3n) is 6.41. The Morgan fingerprint density at radius 2 is 1.84 bits per heavy atom. The molecule has 5 atom stereocenters. The fourth-order valence-corrected chi connectivity index (χ4v) is 4.27. The Kier molecular flexibility index (Phi) is 3.19. The highest BCUT2D eigenvalue weighted by molar-refractivity contribution is 5.87. The van der Waals surface area contributed by atoms with Crippen molar-refractivity contribution in [3.63, 3.8) is 0 Å². The van der Waals surface area contributed by atoms with Gasteiger partial charge in [0, 0.05) is 5.92 Å². The lowest BCUT2D eigenvalue weighted by atomic mass is 9.59. The largest absolute Gasteiger partial charge is 0.368 e. The van der Waals surface area contributed by atoms with E-state index >= 15 is 0 Å². The molecule has 3 N–H and O–H groups in total. The first-order valence-corrected chi connectivity index (χ1v) is 7.19. The number of rotatable bonds is 3. The number of carbonyl (C=O) groups excluding carboxylic acids is 2. The smallest absolute Gasteiger partial charge is 0.236 e. The van der Waals surface area contributed by atoms with E-state index in [-0.39, 0.29) is 29.2 Å². The molecule has 0 aliphatic heterocycles. The number of nitrogens with one attached hydrogen (secondary N) is 1. The molecule has 0 radical (unpaired) electrons. The van der Waals surface area contributed by atoms with E-state index in [2.05, 4.69) is 39.9 Å². The Labute approximate surface area is 115 Å². The van der Waals surface area contributed by atoms with E-state index in [4.69, 9.17) is 5.73 Å². The summed E-state index contributed by atoms with van der Waals surface area (Å²) < 4.78 is 0. The van der Waals surface area contributed by atoms with Crippen molar-refractivity contribution in [1.29, 1.82) is 0 Å². The molecule has 0 spiro atoms. The van der Waals surface area contributed by atoms with Crippen LogP contribution in [0.15, 0.2) is 0 Å². The molecule has 3 unspecified atom stereocenters. The SMILES string of the molecule is C[C@@H]1C2(C)C(C[C@H](C)C1(C)C)C2C(=O)NCC(N)=O. The van der Waals surface area contributed by atoms with Gasteiger partial charge in [-0.05, 0) is 35.0 Å². The molecule has 0 aromatic rings. The van der Waals surface area contributed by atoms with E-state index in [0.29, 0.717) is 17.8 Å². The van der Waals surface area contributed by atoms with Gasteiger partial charge in [0.2, 0.25) is 11.8 Å². The van der Waals surface area contributed by atoms with E-state index < -0.39 is 5.91 Å². The van der Waals surface area contributed by atoms with Crippen LogP contribution in [0, 0.1) is 34.5 Å². The molecule has 0 aromatic heterocycles. The zero-order valence-corrected chi connectivity index (χ0v) is 12.6. The van der Waals surface area contributed by atoms with Crippen LogP contribution in [0.5, 0.6) is 0 Å². The van der Waals surface area contributed by atoms with E-state index in [0.717, 1.165) is 6.42 Å². The second-order valence-electron chi connectivity index (χ2n) is 7.31. The normalized spacial score (nSPS) is 43.2. The van der Waals surface area contributed by atoms with Gasteiger partial charge >= 0.3 is 0 Å². The van der Waals surface area contributed by atoms with E-state index in [1.54, 1.807) is 0 Å². The van der Waals surface area contributed by atoms with E-state index in [1.807, 2.05) is 0 Å². The van der Waals surface area contributed by atoms with Gasteiger partial charge in [0.05, 0.1) is 6.54 Å². The predicted molar refractivity (Wildman–Crippen MR) is 74.0 cm³/mol. The molecule has 0 aromatic carbocycles. The second-order valence-corrected chi connectivity index (χ2v) is 7.31. The van der Waals surface area contributed by atoms with Gasteiger partial charge in [0.15, 0.2) is 0 Å². The average molecular weight is 266 g/mol. The zero-order chi connectivity index (χ0) is 14.6. The molecule has 4 nitrogen and oxygen atoms in total. The zero-order valence-electron chi connectivity index (χ0n) is 12.6. The third kappa shape index (κ3) is 1.96. The summed E-state index contributed by atoms with van der Waals surface area (Å²) in [4.78, 5) is 23.0. The van der Waals surface area contributed by atoms with Crippen LogP contribution in [0.2, 0.25) is 0 Å². The van der Waals surface area contributed by atoms with Crippen LogP contribution < -0.4 is 11.1 Å². The van der Waals surface area contributed by atoms with Crippen molar-refractivity contribution < 1.29 is 9.59 Å². The Balaban J connectivity index is 2.12. The fourth-order valence-electron chi connectivity index (χ4n) is 4.27. The lowest BCUT2D eigenvalue weighted by Gasteiger charge is -2.45. The lowest BCUT2D eigenvalue weighted by Crippen LogP contribution is -2.40. The van der Waals surface area contributed by atoms with Crippen LogP contribution in [0.1, 0.15) is 41.0 Å². The number of hydrogen-bond donors (Lipinski definition) is 2. The average Bonchev–Trinajstić information content (AvgIpc) is 2.90. The second kappa shape index (κ2) is 4.22. The quantitative estimate of drug-likeness (QED) is 0.813. The van der Waals surface area contributed by atoms with Crippen LogP contribution in [0.25, 0.3) is 0 Å². The van der Waals surface area contributed by atoms with E-state index in [9.17, 15) is 9.59 Å². The van der Waals surface area contributed by atoms with Crippen molar-refractivity contribution >= 4 is 11.8 Å². The summed E-state index contributed by atoms with van der Waals surface area (Å²) in [5, 5.41) is 2.67. The summed E-state index contributed by atoms with van der Waals surface area (Å²) in [6.45, 7) is 11.3. The van der Waals surface area contributed by atoms with Gasteiger partial charge in [-0.3, -0.25) is 9.59 Å². The maximum atomic E-state index is 12.2. The minimum Gasteiger partial charge on any atom is -0.368 e. The van der Waals surface area contributed by atoms with Crippen molar-refractivity contribution in [2.24, 2.45) is 40.2 Å². The van der Waals surface area contributed by atoms with Gasteiger partial charge in [-0.2, -0.15) is 0 Å². The summed E-state index contributed by atoms with van der Waals surface area (Å²) in [6.07, 6.45) is 1.10. The number of fused-ring (bicyclic) bond motifs is 1. The minimum atomic E-state index is -0.483. The summed E-state index contributed by atoms with van der Waals surface area (Å²) in [7, 11) is 0. The van der Waals surface area contributed by atoms with Gasteiger partial charge < -0.3 is 11.1 Å². The minimum absolute atomic E-state index is 0.00282. The molecule has 2 rings (SSSR count). The van der Waals surface area contributed by atoms with E-state index in [1.165, 1.54) is 0 Å². The van der Waals surface area contributed by atoms with Crippen molar-refractivity contribution in [2.75, 3.05) is 6.54 Å². The first-order chi connectivity index (χ1) is 8.63. The Morgan fingerprint density at radius 3 is 2.37 bits per heavy atom. The molecule has 4 heteroatoms. The van der Waals surface area contributed by atoms with Crippen LogP contribution in [-0.4, -0.2) is 18.4 Å². The predicted octanol–water partition coefficient (Wildman–Crippen LogP) is 1.54. The summed E-state index contributed by atoms with van der Waals surface area (Å²) >= 11 is 0. The Bertz CT molecular complexity index is 418. The molecule has 0 bridgehead atoms. The highest BCUT2D eigenvalue weighted by Gasteiger charge is 2.71. The molecule has 108 valence electrons. The van der Waals surface area contributed by atoms with Crippen LogP contribution >= 0.6 is 0 Å². The molecule has 2 saturated carbocycles. The number of nitrogens with two attached hydrogens (primary N) is 1. The standard InChI is InChI=1S/C15H26N2O2/c1-8-6-10-12(13(19)17-7-11(16)18)15(10,5)9(2)14(8,3)4/h8-10,12H,6-7H2,1-5H3,(H2,16,18)(H,17,19)/t8-,9-,10?,12?,15?/m0/s1. The van der Waals surface area contributed by atoms with Crippen LogP contribution in [0.4, 0.5) is 0 Å².